The molecule has 1 aliphatic rings. The fraction of sp³-hybridized carbons (Fsp3) is 0.800. The zero-order valence-electron chi connectivity index (χ0n) is 10.2. The highest BCUT2D eigenvalue weighted by molar-refractivity contribution is 7.88. The molecular formula is C10H16O7S. The van der Waals surface area contributed by atoms with Gasteiger partial charge in [-0.25, -0.2) is 0 Å². The number of rotatable bonds is 3. The SMILES string of the molecule is COC(=O)C1CCC(C(=O)OC)(S(=O)(=O)O)CC1. The average molecular weight is 280 g/mol. The quantitative estimate of drug-likeness (QED) is 0.579. The van der Waals surface area contributed by atoms with Crippen LogP contribution in [0.3, 0.4) is 0 Å². The fourth-order valence-electron chi connectivity index (χ4n) is 2.24. The summed E-state index contributed by atoms with van der Waals surface area (Å²) in [5.74, 6) is -1.88. The van der Waals surface area contributed by atoms with Gasteiger partial charge < -0.3 is 9.47 Å². The summed E-state index contributed by atoms with van der Waals surface area (Å²) in [6.07, 6.45) is -0.000324. The lowest BCUT2D eigenvalue weighted by Gasteiger charge is -2.33. The van der Waals surface area contributed by atoms with Crippen LogP contribution >= 0.6 is 0 Å². The molecule has 0 bridgehead atoms. The van der Waals surface area contributed by atoms with E-state index in [0.717, 1.165) is 7.11 Å². The Kier molecular flexibility index (Phi) is 4.33. The monoisotopic (exact) mass is 280 g/mol. The van der Waals surface area contributed by atoms with Gasteiger partial charge in [0.2, 0.25) is 0 Å². The van der Waals surface area contributed by atoms with Gasteiger partial charge in [-0.1, -0.05) is 0 Å². The van der Waals surface area contributed by atoms with Crippen molar-refractivity contribution in [2.45, 2.75) is 30.4 Å². The molecule has 0 aromatic rings. The zero-order chi connectivity index (χ0) is 14.0. The summed E-state index contributed by atoms with van der Waals surface area (Å²) in [4.78, 5) is 22.9. The van der Waals surface area contributed by atoms with E-state index < -0.39 is 32.7 Å². The van der Waals surface area contributed by atoms with Crippen LogP contribution in [-0.4, -0.2) is 43.9 Å². The van der Waals surface area contributed by atoms with Crippen molar-refractivity contribution in [1.82, 2.24) is 0 Å². The number of hydrogen-bond acceptors (Lipinski definition) is 6. The minimum absolute atomic E-state index is 0.154. The number of esters is 2. The maximum Gasteiger partial charge on any atom is 0.329 e. The van der Waals surface area contributed by atoms with E-state index in [2.05, 4.69) is 9.47 Å². The van der Waals surface area contributed by atoms with Crippen LogP contribution in [0.1, 0.15) is 25.7 Å². The average Bonchev–Trinajstić information content (AvgIpc) is 2.35. The Labute approximate surface area is 105 Å². The molecule has 1 N–H and O–H groups in total. The van der Waals surface area contributed by atoms with Gasteiger partial charge in [-0.15, -0.1) is 0 Å². The van der Waals surface area contributed by atoms with Gasteiger partial charge in [0.25, 0.3) is 10.1 Å². The fourth-order valence-corrected chi connectivity index (χ4v) is 3.29. The summed E-state index contributed by atoms with van der Waals surface area (Å²) in [6, 6.07) is 0. The molecule has 1 fully saturated rings. The molecule has 0 aromatic carbocycles. The normalized spacial score (nSPS) is 28.5. The van der Waals surface area contributed by atoms with E-state index >= 15 is 0 Å². The van der Waals surface area contributed by atoms with Crippen LogP contribution in [-0.2, 0) is 29.2 Å². The summed E-state index contributed by atoms with van der Waals surface area (Å²) in [7, 11) is -2.28. The van der Waals surface area contributed by atoms with Crippen LogP contribution in [0.25, 0.3) is 0 Å². The largest absolute Gasteiger partial charge is 0.469 e. The summed E-state index contributed by atoms with van der Waals surface area (Å²) in [5.41, 5.74) is 0. The zero-order valence-corrected chi connectivity index (χ0v) is 11.0. The minimum Gasteiger partial charge on any atom is -0.469 e. The van der Waals surface area contributed by atoms with Crippen molar-refractivity contribution in [2.24, 2.45) is 5.92 Å². The third-order valence-corrected chi connectivity index (χ3v) is 4.94. The number of hydrogen-bond donors (Lipinski definition) is 1. The molecule has 1 aliphatic carbocycles. The standard InChI is InChI=1S/C10H16O7S/c1-16-8(11)7-3-5-10(6-4-7,9(12)17-2)18(13,14)15/h7H,3-6H2,1-2H3,(H,13,14,15). The van der Waals surface area contributed by atoms with Crippen molar-refractivity contribution in [3.8, 4) is 0 Å². The van der Waals surface area contributed by atoms with E-state index in [1.165, 1.54) is 7.11 Å². The van der Waals surface area contributed by atoms with E-state index in [9.17, 15) is 22.6 Å². The van der Waals surface area contributed by atoms with Gasteiger partial charge in [-0.2, -0.15) is 8.42 Å². The van der Waals surface area contributed by atoms with Gasteiger partial charge in [0.05, 0.1) is 20.1 Å². The van der Waals surface area contributed by atoms with Crippen LogP contribution < -0.4 is 0 Å². The second-order valence-corrected chi connectivity index (χ2v) is 5.99. The van der Waals surface area contributed by atoms with E-state index in [-0.39, 0.29) is 25.7 Å². The Morgan fingerprint density at radius 3 is 2.00 bits per heavy atom. The highest BCUT2D eigenvalue weighted by Crippen LogP contribution is 2.38. The first-order valence-electron chi connectivity index (χ1n) is 5.42. The van der Waals surface area contributed by atoms with Gasteiger partial charge in [0, 0.05) is 0 Å². The van der Waals surface area contributed by atoms with Crippen molar-refractivity contribution < 1.29 is 32.0 Å². The van der Waals surface area contributed by atoms with E-state index in [1.807, 2.05) is 0 Å². The highest BCUT2D eigenvalue weighted by Gasteiger charge is 2.54. The van der Waals surface area contributed by atoms with Crippen LogP contribution in [0, 0.1) is 5.92 Å². The summed E-state index contributed by atoms with van der Waals surface area (Å²) >= 11 is 0. The lowest BCUT2D eigenvalue weighted by Crippen LogP contribution is -2.50. The van der Waals surface area contributed by atoms with Crippen molar-refractivity contribution in [2.75, 3.05) is 14.2 Å². The molecule has 1 rings (SSSR count). The van der Waals surface area contributed by atoms with E-state index in [0.29, 0.717) is 0 Å². The Balaban J connectivity index is 2.95. The molecule has 0 saturated heterocycles. The third-order valence-electron chi connectivity index (χ3n) is 3.38. The number of methoxy groups -OCH3 is 2. The molecule has 0 radical (unpaired) electrons. The molecule has 8 heteroatoms. The molecule has 0 unspecified atom stereocenters. The molecule has 0 atom stereocenters. The number of ether oxygens (including phenoxy) is 2. The van der Waals surface area contributed by atoms with Crippen LogP contribution in [0.2, 0.25) is 0 Å². The van der Waals surface area contributed by atoms with Crippen LogP contribution in [0.5, 0.6) is 0 Å². The Bertz CT molecular complexity index is 431. The molecule has 0 heterocycles. The summed E-state index contributed by atoms with van der Waals surface area (Å²) < 4.78 is 39.1. The van der Waals surface area contributed by atoms with Gasteiger partial charge in [-0.05, 0) is 25.7 Å². The van der Waals surface area contributed by atoms with Crippen molar-refractivity contribution in [3.05, 3.63) is 0 Å². The molecule has 0 aliphatic heterocycles. The van der Waals surface area contributed by atoms with Crippen molar-refractivity contribution >= 4 is 22.1 Å². The topological polar surface area (TPSA) is 107 Å². The number of carbonyl (C=O) groups excluding carboxylic acids is 2. The van der Waals surface area contributed by atoms with Gasteiger partial charge >= 0.3 is 11.9 Å². The van der Waals surface area contributed by atoms with Gasteiger partial charge in [0.1, 0.15) is 0 Å². The second-order valence-electron chi connectivity index (χ2n) is 4.26. The lowest BCUT2D eigenvalue weighted by atomic mass is 9.81. The molecule has 104 valence electrons. The van der Waals surface area contributed by atoms with E-state index in [1.54, 1.807) is 0 Å². The molecule has 18 heavy (non-hydrogen) atoms. The first-order chi connectivity index (χ1) is 8.28. The molecule has 7 nitrogen and oxygen atoms in total. The highest BCUT2D eigenvalue weighted by atomic mass is 32.2. The Morgan fingerprint density at radius 2 is 1.67 bits per heavy atom. The minimum atomic E-state index is -4.58. The molecule has 0 spiro atoms. The van der Waals surface area contributed by atoms with E-state index in [4.69, 9.17) is 0 Å². The maximum absolute atomic E-state index is 11.6. The predicted octanol–water partition coefficient (Wildman–Crippen LogP) is 0.149. The summed E-state index contributed by atoms with van der Waals surface area (Å²) in [6.45, 7) is 0. The first kappa shape index (κ1) is 14.9. The lowest BCUT2D eigenvalue weighted by molar-refractivity contribution is -0.150. The summed E-state index contributed by atoms with van der Waals surface area (Å²) in [5, 5.41) is 0. The Morgan fingerprint density at radius 1 is 1.17 bits per heavy atom. The van der Waals surface area contributed by atoms with Crippen molar-refractivity contribution in [1.29, 1.82) is 0 Å². The smallest absolute Gasteiger partial charge is 0.329 e. The van der Waals surface area contributed by atoms with Gasteiger partial charge in [-0.3, -0.25) is 14.1 Å². The van der Waals surface area contributed by atoms with Crippen molar-refractivity contribution in [3.63, 3.8) is 0 Å². The van der Waals surface area contributed by atoms with Crippen LogP contribution in [0.4, 0.5) is 0 Å². The molecule has 0 amide bonds. The molecule has 0 aromatic heterocycles. The predicted molar refractivity (Wildman–Crippen MR) is 60.3 cm³/mol. The van der Waals surface area contributed by atoms with Crippen LogP contribution in [0.15, 0.2) is 0 Å². The third kappa shape index (κ3) is 2.49. The molecular weight excluding hydrogens is 264 g/mol. The second kappa shape index (κ2) is 5.23. The number of carbonyl (C=O) groups is 2. The maximum atomic E-state index is 11.6. The first-order valence-corrected chi connectivity index (χ1v) is 6.86. The molecule has 1 saturated carbocycles. The van der Waals surface area contributed by atoms with Gasteiger partial charge in [0.15, 0.2) is 4.75 Å². The Hall–Kier alpha value is -1.15.